The third-order valence-electron chi connectivity index (χ3n) is 0.799. The highest BCUT2D eigenvalue weighted by atomic mass is 32.1. The molecule has 0 spiro atoms. The zero-order chi connectivity index (χ0) is 8.15. The summed E-state index contributed by atoms with van der Waals surface area (Å²) in [5.41, 5.74) is -0.383. The summed E-state index contributed by atoms with van der Waals surface area (Å²) >= 11 is 3.71. The van der Waals surface area contributed by atoms with E-state index >= 15 is 0 Å². The van der Waals surface area contributed by atoms with Gasteiger partial charge in [-0.3, -0.25) is 0 Å². The van der Waals surface area contributed by atoms with E-state index in [2.05, 4.69) is 17.9 Å². The molecule has 0 radical (unpaired) electrons. The van der Waals surface area contributed by atoms with Crippen molar-refractivity contribution in [2.75, 3.05) is 7.05 Å². The van der Waals surface area contributed by atoms with Gasteiger partial charge in [0.2, 0.25) is 0 Å². The molecule has 0 amide bonds. The maximum atomic E-state index is 10.2. The highest BCUT2D eigenvalue weighted by Gasteiger charge is 2.09. The molecule has 0 aliphatic carbocycles. The summed E-state index contributed by atoms with van der Waals surface area (Å²) in [7, 11) is 1.49. The van der Waals surface area contributed by atoms with Gasteiger partial charge in [-0.25, -0.2) is 4.79 Å². The van der Waals surface area contributed by atoms with Crippen molar-refractivity contribution in [3.05, 3.63) is 10.6 Å². The van der Waals surface area contributed by atoms with Gasteiger partial charge in [0.05, 0.1) is 5.03 Å². The van der Waals surface area contributed by atoms with Crippen LogP contribution in [0.5, 0.6) is 0 Å². The maximum absolute atomic E-state index is 10.2. The number of rotatable bonds is 2. The minimum atomic E-state index is -1.28. The molecule has 0 aromatic rings. The zero-order valence-electron chi connectivity index (χ0n) is 5.25. The van der Waals surface area contributed by atoms with E-state index < -0.39 is 5.97 Å². The largest absolute Gasteiger partial charge is 0.477 e. The summed E-state index contributed by atoms with van der Waals surface area (Å²) < 4.78 is 0. The second kappa shape index (κ2) is 3.80. The fourth-order valence-electron chi connectivity index (χ4n) is 0.327. The molecule has 0 fully saturated rings. The number of carboxylic acids is 1. The van der Waals surface area contributed by atoms with Gasteiger partial charge in [0.1, 0.15) is 6.07 Å². The van der Waals surface area contributed by atoms with E-state index in [1.54, 1.807) is 0 Å². The Morgan fingerprint density at radius 3 is 2.40 bits per heavy atom. The van der Waals surface area contributed by atoms with Crippen LogP contribution in [0.3, 0.4) is 0 Å². The maximum Gasteiger partial charge on any atom is 0.349 e. The summed E-state index contributed by atoms with van der Waals surface area (Å²) in [5.74, 6) is -1.28. The number of nitriles is 1. The lowest BCUT2D eigenvalue weighted by Gasteiger charge is -1.96. The van der Waals surface area contributed by atoms with Crippen LogP contribution in [-0.2, 0) is 4.79 Å². The molecule has 10 heavy (non-hydrogen) atoms. The van der Waals surface area contributed by atoms with Crippen molar-refractivity contribution in [3.63, 3.8) is 0 Å². The van der Waals surface area contributed by atoms with Crippen LogP contribution in [0.4, 0.5) is 0 Å². The number of carboxylic acid groups (broad SMARTS) is 1. The standard InChI is InChI=1S/C5H6N2O2S/c1-7-4(10)3(2-6)5(8)9/h7,10H,1H3,(H,8,9)/b4-3+. The molecule has 0 saturated carbocycles. The topological polar surface area (TPSA) is 73.1 Å². The molecular formula is C5H6N2O2S. The van der Waals surface area contributed by atoms with Crippen LogP contribution < -0.4 is 5.32 Å². The second-order valence-corrected chi connectivity index (χ2v) is 1.84. The fraction of sp³-hybridized carbons (Fsp3) is 0.200. The van der Waals surface area contributed by atoms with E-state index in [4.69, 9.17) is 10.4 Å². The minimum absolute atomic E-state index is 0.0648. The predicted octanol–water partition coefficient (Wildman–Crippen LogP) is -0.0446. The van der Waals surface area contributed by atoms with Crippen LogP contribution in [-0.4, -0.2) is 18.1 Å². The zero-order valence-corrected chi connectivity index (χ0v) is 6.14. The Balaban J connectivity index is 4.68. The molecule has 0 aromatic carbocycles. The summed E-state index contributed by atoms with van der Waals surface area (Å²) in [6.07, 6.45) is 0. The van der Waals surface area contributed by atoms with Gasteiger partial charge in [-0.1, -0.05) is 0 Å². The molecule has 2 N–H and O–H groups in total. The average molecular weight is 158 g/mol. The number of thiol groups is 1. The summed E-state index contributed by atoms with van der Waals surface area (Å²) in [4.78, 5) is 10.2. The number of nitrogens with zero attached hydrogens (tertiary/aromatic N) is 1. The number of hydrogen-bond acceptors (Lipinski definition) is 4. The first-order valence-electron chi connectivity index (χ1n) is 2.37. The highest BCUT2D eigenvalue weighted by molar-refractivity contribution is 7.84. The van der Waals surface area contributed by atoms with E-state index in [1.165, 1.54) is 13.1 Å². The SMILES string of the molecule is CN/C(S)=C(/C#N)C(=O)O. The fourth-order valence-corrected chi connectivity index (χ4v) is 0.473. The Morgan fingerprint density at radius 2 is 2.30 bits per heavy atom. The molecule has 0 bridgehead atoms. The Morgan fingerprint density at radius 1 is 1.80 bits per heavy atom. The van der Waals surface area contributed by atoms with Crippen molar-refractivity contribution in [2.45, 2.75) is 0 Å². The van der Waals surface area contributed by atoms with Crippen molar-refractivity contribution >= 4 is 18.6 Å². The van der Waals surface area contributed by atoms with Gasteiger partial charge in [-0.15, -0.1) is 12.6 Å². The van der Waals surface area contributed by atoms with Gasteiger partial charge in [0.25, 0.3) is 0 Å². The van der Waals surface area contributed by atoms with E-state index in [0.29, 0.717) is 0 Å². The first kappa shape index (κ1) is 8.85. The minimum Gasteiger partial charge on any atom is -0.477 e. The first-order valence-corrected chi connectivity index (χ1v) is 2.82. The van der Waals surface area contributed by atoms with Crippen molar-refractivity contribution in [3.8, 4) is 6.07 Å². The van der Waals surface area contributed by atoms with Crippen molar-refractivity contribution in [1.82, 2.24) is 5.32 Å². The van der Waals surface area contributed by atoms with Gasteiger partial charge in [-0.05, 0) is 0 Å². The third kappa shape index (κ3) is 1.99. The molecule has 5 heteroatoms. The Bertz CT molecular complexity index is 216. The smallest absolute Gasteiger partial charge is 0.349 e. The van der Waals surface area contributed by atoms with Gasteiger partial charge in [0.15, 0.2) is 5.57 Å². The van der Waals surface area contributed by atoms with E-state index in [-0.39, 0.29) is 10.6 Å². The number of carbonyl (C=O) groups is 1. The quantitative estimate of drug-likeness (QED) is 0.299. The van der Waals surface area contributed by atoms with Crippen LogP contribution in [0.15, 0.2) is 10.6 Å². The van der Waals surface area contributed by atoms with Crippen molar-refractivity contribution in [2.24, 2.45) is 0 Å². The van der Waals surface area contributed by atoms with Crippen LogP contribution in [0.1, 0.15) is 0 Å². The van der Waals surface area contributed by atoms with Crippen molar-refractivity contribution in [1.29, 1.82) is 5.26 Å². The molecule has 0 aliphatic rings. The van der Waals surface area contributed by atoms with Gasteiger partial charge in [0, 0.05) is 7.05 Å². The lowest BCUT2D eigenvalue weighted by Crippen LogP contribution is -2.09. The third-order valence-corrected chi connectivity index (χ3v) is 1.25. The lowest BCUT2D eigenvalue weighted by molar-refractivity contribution is -0.132. The Labute approximate surface area is 63.6 Å². The summed E-state index contributed by atoms with van der Waals surface area (Å²) in [6, 6.07) is 1.49. The molecule has 0 aromatic heterocycles. The number of hydrogen-bond donors (Lipinski definition) is 3. The molecule has 4 nitrogen and oxygen atoms in total. The molecular weight excluding hydrogens is 152 g/mol. The molecule has 0 saturated heterocycles. The highest BCUT2D eigenvalue weighted by Crippen LogP contribution is 2.03. The first-order chi connectivity index (χ1) is 4.63. The van der Waals surface area contributed by atoms with Crippen molar-refractivity contribution < 1.29 is 9.90 Å². The number of nitrogens with one attached hydrogen (secondary N) is 1. The predicted molar refractivity (Wildman–Crippen MR) is 38.3 cm³/mol. The van der Waals surface area contributed by atoms with Gasteiger partial charge in [-0.2, -0.15) is 5.26 Å². The summed E-state index contributed by atoms with van der Waals surface area (Å²) in [5, 5.41) is 19.0. The molecule has 0 rings (SSSR count). The van der Waals surface area contributed by atoms with E-state index in [9.17, 15) is 4.79 Å². The Hall–Kier alpha value is -1.15. The normalized spacial score (nSPS) is 11.3. The van der Waals surface area contributed by atoms with Gasteiger partial charge < -0.3 is 10.4 Å². The second-order valence-electron chi connectivity index (χ2n) is 1.39. The molecule has 54 valence electrons. The Kier molecular flexibility index (Phi) is 3.36. The molecule has 0 aliphatic heterocycles. The van der Waals surface area contributed by atoms with Crippen LogP contribution in [0.2, 0.25) is 0 Å². The summed E-state index contributed by atoms with van der Waals surface area (Å²) in [6.45, 7) is 0. The number of aliphatic carboxylic acids is 1. The lowest BCUT2D eigenvalue weighted by atomic mass is 10.3. The molecule has 0 heterocycles. The molecule has 0 atom stereocenters. The average Bonchev–Trinajstić information content (AvgIpc) is 1.88. The monoisotopic (exact) mass is 158 g/mol. The van der Waals surface area contributed by atoms with E-state index in [0.717, 1.165) is 0 Å². The van der Waals surface area contributed by atoms with Crippen LogP contribution >= 0.6 is 12.6 Å². The molecule has 0 unspecified atom stereocenters. The van der Waals surface area contributed by atoms with Crippen LogP contribution in [0, 0.1) is 11.3 Å². The van der Waals surface area contributed by atoms with Crippen LogP contribution in [0.25, 0.3) is 0 Å². The van der Waals surface area contributed by atoms with E-state index in [1.807, 2.05) is 0 Å². The van der Waals surface area contributed by atoms with Gasteiger partial charge >= 0.3 is 5.97 Å².